The normalized spacial score (nSPS) is 11.0. The molecule has 0 fully saturated rings. The standard InChI is InChI=1S/C18H17BrN4O4S/c1-28(25,26)23(16-4-2-3-15(19)11-16)13-18(24)22-21-12-14-5-7-17(8-6-14)27-10-9-20/h2-8,11-12H,10,13H2,1H3,(H,22,24)/b21-12-. The van der Waals surface area contributed by atoms with E-state index in [2.05, 4.69) is 26.5 Å². The average molecular weight is 465 g/mol. The molecule has 0 atom stereocenters. The Balaban J connectivity index is 1.99. The third-order valence-electron chi connectivity index (χ3n) is 3.37. The number of anilines is 1. The van der Waals surface area contributed by atoms with Crippen LogP contribution in [-0.4, -0.2) is 39.9 Å². The molecule has 0 bridgehead atoms. The van der Waals surface area contributed by atoms with Crippen molar-refractivity contribution in [2.45, 2.75) is 0 Å². The number of ether oxygens (including phenoxy) is 1. The lowest BCUT2D eigenvalue weighted by Gasteiger charge is -2.21. The highest BCUT2D eigenvalue weighted by Crippen LogP contribution is 2.21. The van der Waals surface area contributed by atoms with Crippen molar-refractivity contribution in [2.24, 2.45) is 5.10 Å². The summed E-state index contributed by atoms with van der Waals surface area (Å²) in [4.78, 5) is 12.1. The number of sulfonamides is 1. The van der Waals surface area contributed by atoms with Crippen LogP contribution in [0.2, 0.25) is 0 Å². The third kappa shape index (κ3) is 6.68. The van der Waals surface area contributed by atoms with E-state index < -0.39 is 22.5 Å². The van der Waals surface area contributed by atoms with Gasteiger partial charge in [-0.25, -0.2) is 13.8 Å². The molecule has 0 saturated carbocycles. The SMILES string of the molecule is CS(=O)(=O)N(CC(=O)N/N=C\c1ccc(OCC#N)cc1)c1cccc(Br)c1. The van der Waals surface area contributed by atoms with E-state index in [-0.39, 0.29) is 6.61 Å². The summed E-state index contributed by atoms with van der Waals surface area (Å²) < 4.78 is 30.9. The molecule has 0 unspecified atom stereocenters. The second-order valence-electron chi connectivity index (χ2n) is 5.56. The van der Waals surface area contributed by atoms with Crippen molar-refractivity contribution < 1.29 is 17.9 Å². The number of benzene rings is 2. The van der Waals surface area contributed by atoms with E-state index in [4.69, 9.17) is 10.00 Å². The molecule has 0 aliphatic heterocycles. The Hall–Kier alpha value is -2.90. The number of nitriles is 1. The lowest BCUT2D eigenvalue weighted by molar-refractivity contribution is -0.119. The van der Waals surface area contributed by atoms with Crippen LogP contribution in [0.4, 0.5) is 5.69 Å². The Bertz CT molecular complexity index is 1000. The minimum absolute atomic E-state index is 0.0433. The van der Waals surface area contributed by atoms with Gasteiger partial charge < -0.3 is 4.74 Å². The van der Waals surface area contributed by atoms with Crippen LogP contribution < -0.4 is 14.5 Å². The number of halogens is 1. The van der Waals surface area contributed by atoms with Gasteiger partial charge >= 0.3 is 0 Å². The number of rotatable bonds is 8. The lowest BCUT2D eigenvalue weighted by atomic mass is 10.2. The van der Waals surface area contributed by atoms with Gasteiger partial charge in [-0.2, -0.15) is 10.4 Å². The molecule has 0 spiro atoms. The van der Waals surface area contributed by atoms with Crippen molar-refractivity contribution in [2.75, 3.05) is 23.7 Å². The molecule has 0 radical (unpaired) electrons. The molecule has 28 heavy (non-hydrogen) atoms. The van der Waals surface area contributed by atoms with Crippen LogP contribution in [0, 0.1) is 11.3 Å². The Morgan fingerprint density at radius 1 is 1.32 bits per heavy atom. The van der Waals surface area contributed by atoms with Gasteiger partial charge in [0.1, 0.15) is 18.4 Å². The van der Waals surface area contributed by atoms with E-state index in [0.29, 0.717) is 21.5 Å². The number of carbonyl (C=O) groups excluding carboxylic acids is 1. The van der Waals surface area contributed by atoms with E-state index in [9.17, 15) is 13.2 Å². The van der Waals surface area contributed by atoms with Crippen LogP contribution in [-0.2, 0) is 14.8 Å². The topological polar surface area (TPSA) is 112 Å². The summed E-state index contributed by atoms with van der Waals surface area (Å²) in [7, 11) is -3.66. The Kier molecular flexibility index (Phi) is 7.54. The van der Waals surface area contributed by atoms with Crippen molar-refractivity contribution in [3.63, 3.8) is 0 Å². The number of amides is 1. The predicted octanol–water partition coefficient (Wildman–Crippen LogP) is 2.27. The maximum atomic E-state index is 12.1. The maximum Gasteiger partial charge on any atom is 0.260 e. The molecule has 0 saturated heterocycles. The highest BCUT2D eigenvalue weighted by atomic mass is 79.9. The first-order chi connectivity index (χ1) is 13.3. The minimum atomic E-state index is -3.66. The fraction of sp³-hybridized carbons (Fsp3) is 0.167. The zero-order valence-electron chi connectivity index (χ0n) is 14.9. The van der Waals surface area contributed by atoms with Crippen molar-refractivity contribution in [1.82, 2.24) is 5.43 Å². The van der Waals surface area contributed by atoms with E-state index in [1.165, 1.54) is 6.21 Å². The van der Waals surface area contributed by atoms with Crippen molar-refractivity contribution in [3.05, 3.63) is 58.6 Å². The van der Waals surface area contributed by atoms with Crippen LogP contribution in [0.15, 0.2) is 58.1 Å². The van der Waals surface area contributed by atoms with Gasteiger partial charge in [-0.1, -0.05) is 22.0 Å². The van der Waals surface area contributed by atoms with Crippen LogP contribution in [0.5, 0.6) is 5.75 Å². The molecule has 0 heterocycles. The summed E-state index contributed by atoms with van der Waals surface area (Å²) in [5.41, 5.74) is 3.36. The molecule has 8 nitrogen and oxygen atoms in total. The Morgan fingerprint density at radius 2 is 2.04 bits per heavy atom. The molecule has 10 heteroatoms. The van der Waals surface area contributed by atoms with Gasteiger partial charge in [0.15, 0.2) is 6.61 Å². The monoisotopic (exact) mass is 464 g/mol. The predicted molar refractivity (Wildman–Crippen MR) is 110 cm³/mol. The van der Waals surface area contributed by atoms with E-state index in [1.54, 1.807) is 48.5 Å². The highest BCUT2D eigenvalue weighted by Gasteiger charge is 2.20. The molecule has 1 amide bonds. The number of hydrogen-bond donors (Lipinski definition) is 1. The summed E-state index contributed by atoms with van der Waals surface area (Å²) in [6.07, 6.45) is 2.44. The zero-order valence-corrected chi connectivity index (χ0v) is 17.3. The molecule has 2 aromatic rings. The van der Waals surface area contributed by atoms with Crippen LogP contribution in [0.25, 0.3) is 0 Å². The molecule has 2 rings (SSSR count). The van der Waals surface area contributed by atoms with E-state index in [0.717, 1.165) is 10.6 Å². The first kappa shape index (κ1) is 21.4. The van der Waals surface area contributed by atoms with Crippen LogP contribution in [0.1, 0.15) is 5.56 Å². The smallest absolute Gasteiger partial charge is 0.260 e. The first-order valence-electron chi connectivity index (χ1n) is 7.94. The highest BCUT2D eigenvalue weighted by molar-refractivity contribution is 9.10. The van der Waals surface area contributed by atoms with Crippen molar-refractivity contribution in [1.29, 1.82) is 5.26 Å². The zero-order chi connectivity index (χ0) is 20.6. The van der Waals surface area contributed by atoms with Crippen LogP contribution in [0.3, 0.4) is 0 Å². The van der Waals surface area contributed by atoms with E-state index in [1.807, 2.05) is 6.07 Å². The third-order valence-corrected chi connectivity index (χ3v) is 5.00. The fourth-order valence-electron chi connectivity index (χ4n) is 2.14. The van der Waals surface area contributed by atoms with Gasteiger partial charge in [0, 0.05) is 4.47 Å². The Labute approximate surface area is 171 Å². The number of hydrogen-bond acceptors (Lipinski definition) is 6. The Morgan fingerprint density at radius 3 is 2.64 bits per heavy atom. The second-order valence-corrected chi connectivity index (χ2v) is 8.38. The molecule has 1 N–H and O–H groups in total. The summed E-state index contributed by atoms with van der Waals surface area (Å²) in [5, 5.41) is 12.3. The number of carbonyl (C=O) groups is 1. The van der Waals surface area contributed by atoms with Crippen LogP contribution >= 0.6 is 15.9 Å². The van der Waals surface area contributed by atoms with Gasteiger partial charge in [0.25, 0.3) is 5.91 Å². The molecule has 0 aliphatic carbocycles. The average Bonchev–Trinajstić information content (AvgIpc) is 2.64. The molecular weight excluding hydrogens is 448 g/mol. The second kappa shape index (κ2) is 9.87. The minimum Gasteiger partial charge on any atom is -0.479 e. The van der Waals surface area contributed by atoms with Gasteiger partial charge in [0.05, 0.1) is 18.2 Å². The summed E-state index contributed by atoms with van der Waals surface area (Å²) in [5.74, 6) is -0.0452. The number of nitrogens with zero attached hydrogens (tertiary/aromatic N) is 3. The largest absolute Gasteiger partial charge is 0.479 e. The van der Waals surface area contributed by atoms with Gasteiger partial charge in [-0.15, -0.1) is 0 Å². The van der Waals surface area contributed by atoms with Crippen molar-refractivity contribution >= 4 is 43.8 Å². The molecular formula is C18H17BrN4O4S. The lowest BCUT2D eigenvalue weighted by Crippen LogP contribution is -2.39. The quantitative estimate of drug-likeness (QED) is 0.475. The first-order valence-corrected chi connectivity index (χ1v) is 10.6. The van der Waals surface area contributed by atoms with Crippen molar-refractivity contribution in [3.8, 4) is 11.8 Å². The number of hydrazone groups is 1. The summed E-state index contributed by atoms with van der Waals surface area (Å²) in [6, 6.07) is 15.2. The van der Waals surface area contributed by atoms with Gasteiger partial charge in [0.2, 0.25) is 10.0 Å². The molecule has 0 aromatic heterocycles. The summed E-state index contributed by atoms with van der Waals surface area (Å²) >= 11 is 3.28. The number of nitrogens with one attached hydrogen (secondary N) is 1. The van der Waals surface area contributed by atoms with Gasteiger partial charge in [-0.3, -0.25) is 9.10 Å². The van der Waals surface area contributed by atoms with Gasteiger partial charge in [-0.05, 0) is 48.0 Å². The fourth-order valence-corrected chi connectivity index (χ4v) is 3.38. The molecule has 0 aliphatic rings. The molecule has 2 aromatic carbocycles. The molecule has 146 valence electrons. The van der Waals surface area contributed by atoms with E-state index >= 15 is 0 Å². The summed E-state index contributed by atoms with van der Waals surface area (Å²) in [6.45, 7) is -0.453. The maximum absolute atomic E-state index is 12.1.